The molecule has 2 saturated heterocycles. The van der Waals surface area contributed by atoms with Crippen LogP contribution in [0.2, 0.25) is 0 Å². The molecule has 2 aliphatic heterocycles. The van der Waals surface area contributed by atoms with E-state index in [1.54, 1.807) is 18.5 Å². The smallest absolute Gasteiger partial charge is 0.332 e. The number of piperidine rings is 1. The van der Waals surface area contributed by atoms with Crippen molar-refractivity contribution in [2.24, 2.45) is 14.1 Å². The van der Waals surface area contributed by atoms with Crippen molar-refractivity contribution >= 4 is 28.1 Å². The zero-order chi connectivity index (χ0) is 27.7. The highest BCUT2D eigenvalue weighted by molar-refractivity contribution is 5.81. The number of likely N-dealkylation sites (tertiary alicyclic amines) is 1. The second-order valence-corrected chi connectivity index (χ2v) is 11.2. The monoisotopic (exact) mass is 535 g/mol. The van der Waals surface area contributed by atoms with E-state index in [1.807, 2.05) is 40.7 Å². The number of amides is 1. The van der Waals surface area contributed by atoms with Crippen LogP contribution >= 0.6 is 0 Å². The molecule has 12 heteroatoms. The Kier molecular flexibility index (Phi) is 5.81. The van der Waals surface area contributed by atoms with E-state index in [4.69, 9.17) is 4.74 Å². The van der Waals surface area contributed by atoms with Gasteiger partial charge < -0.3 is 23.9 Å². The Morgan fingerprint density at radius 1 is 1.15 bits per heavy atom. The highest BCUT2D eigenvalue weighted by Crippen LogP contribution is 2.44. The van der Waals surface area contributed by atoms with Gasteiger partial charge in [0, 0.05) is 33.6 Å². The SMILES string of the molecule is Cc1nc2ccccc2n1CC(=O)N1CCC2(CC1)C[C@H](n1cnc3c1c(=O)n(C)c(=O)n3C)[C@@](C)(O)CO2. The van der Waals surface area contributed by atoms with Crippen LogP contribution in [0.25, 0.3) is 22.2 Å². The minimum atomic E-state index is -1.26. The number of carbonyl (C=O) groups excluding carboxylic acids is 1. The van der Waals surface area contributed by atoms with E-state index in [0.29, 0.717) is 32.4 Å². The number of aliphatic hydroxyl groups is 1. The lowest BCUT2D eigenvalue weighted by molar-refractivity contribution is -0.201. The van der Waals surface area contributed by atoms with Crippen LogP contribution in [-0.2, 0) is 30.2 Å². The van der Waals surface area contributed by atoms with Gasteiger partial charge in [0.25, 0.3) is 5.56 Å². The van der Waals surface area contributed by atoms with Crippen LogP contribution in [0, 0.1) is 6.92 Å². The van der Waals surface area contributed by atoms with Crippen molar-refractivity contribution in [3.05, 3.63) is 57.3 Å². The summed E-state index contributed by atoms with van der Waals surface area (Å²) in [4.78, 5) is 49.5. The van der Waals surface area contributed by atoms with Crippen LogP contribution in [0.1, 0.15) is 38.1 Å². The van der Waals surface area contributed by atoms with E-state index < -0.39 is 28.5 Å². The molecule has 0 unspecified atom stereocenters. The third-order valence-corrected chi connectivity index (χ3v) is 8.63. The maximum absolute atomic E-state index is 13.3. The minimum absolute atomic E-state index is 0.0282. The summed E-state index contributed by atoms with van der Waals surface area (Å²) < 4.78 is 12.3. The molecule has 1 aromatic carbocycles. The van der Waals surface area contributed by atoms with Crippen molar-refractivity contribution in [2.45, 2.75) is 56.9 Å². The maximum Gasteiger partial charge on any atom is 0.332 e. The van der Waals surface area contributed by atoms with Crippen LogP contribution in [0.5, 0.6) is 0 Å². The fraction of sp³-hybridized carbons (Fsp3) is 0.519. The first-order valence-corrected chi connectivity index (χ1v) is 13.2. The number of carbonyl (C=O) groups is 1. The van der Waals surface area contributed by atoms with Gasteiger partial charge in [0.1, 0.15) is 18.0 Å². The number of imidazole rings is 2. The van der Waals surface area contributed by atoms with Crippen molar-refractivity contribution in [3.63, 3.8) is 0 Å². The van der Waals surface area contributed by atoms with E-state index in [9.17, 15) is 19.5 Å². The second kappa shape index (κ2) is 8.88. The van der Waals surface area contributed by atoms with E-state index in [1.165, 1.54) is 17.9 Å². The Bertz CT molecular complexity index is 1720. The van der Waals surface area contributed by atoms with Gasteiger partial charge in [-0.1, -0.05) is 12.1 Å². The third-order valence-electron chi connectivity index (χ3n) is 8.63. The molecule has 39 heavy (non-hydrogen) atoms. The van der Waals surface area contributed by atoms with Gasteiger partial charge in [-0.25, -0.2) is 14.8 Å². The largest absolute Gasteiger partial charge is 0.386 e. The molecule has 0 saturated carbocycles. The Labute approximate surface area is 224 Å². The van der Waals surface area contributed by atoms with Gasteiger partial charge in [-0.05, 0) is 38.8 Å². The summed E-state index contributed by atoms with van der Waals surface area (Å²) >= 11 is 0. The normalized spacial score (nSPS) is 23.2. The van der Waals surface area contributed by atoms with Crippen LogP contribution < -0.4 is 11.2 Å². The molecule has 0 radical (unpaired) electrons. The van der Waals surface area contributed by atoms with E-state index in [-0.39, 0.29) is 30.2 Å². The molecule has 0 aliphatic carbocycles. The van der Waals surface area contributed by atoms with E-state index in [0.717, 1.165) is 21.4 Å². The number of aromatic nitrogens is 6. The molecular weight excluding hydrogens is 502 g/mol. The lowest BCUT2D eigenvalue weighted by Crippen LogP contribution is -2.57. The molecule has 206 valence electrons. The van der Waals surface area contributed by atoms with Crippen molar-refractivity contribution < 1.29 is 14.6 Å². The quantitative estimate of drug-likeness (QED) is 0.412. The highest BCUT2D eigenvalue weighted by Gasteiger charge is 2.50. The number of aryl methyl sites for hydroxylation is 2. The van der Waals surface area contributed by atoms with E-state index in [2.05, 4.69) is 9.97 Å². The Morgan fingerprint density at radius 2 is 1.87 bits per heavy atom. The first-order valence-electron chi connectivity index (χ1n) is 13.2. The highest BCUT2D eigenvalue weighted by atomic mass is 16.5. The first-order chi connectivity index (χ1) is 18.5. The van der Waals surface area contributed by atoms with Gasteiger partial charge in [-0.3, -0.25) is 18.7 Å². The lowest BCUT2D eigenvalue weighted by Gasteiger charge is -2.51. The molecule has 1 N–H and O–H groups in total. The Morgan fingerprint density at radius 3 is 2.62 bits per heavy atom. The lowest BCUT2D eigenvalue weighted by atomic mass is 9.77. The molecule has 0 bridgehead atoms. The Hall–Kier alpha value is -3.77. The fourth-order valence-corrected chi connectivity index (χ4v) is 6.17. The number of hydrogen-bond donors (Lipinski definition) is 1. The van der Waals surface area contributed by atoms with Gasteiger partial charge in [-0.15, -0.1) is 0 Å². The van der Waals surface area contributed by atoms with Gasteiger partial charge in [0.05, 0.1) is 35.6 Å². The summed E-state index contributed by atoms with van der Waals surface area (Å²) in [5.41, 5.74) is -0.354. The zero-order valence-electron chi connectivity index (χ0n) is 22.6. The van der Waals surface area contributed by atoms with Gasteiger partial charge in [0.2, 0.25) is 5.91 Å². The fourth-order valence-electron chi connectivity index (χ4n) is 6.17. The summed E-state index contributed by atoms with van der Waals surface area (Å²) in [6.07, 6.45) is 3.20. The van der Waals surface area contributed by atoms with E-state index >= 15 is 0 Å². The maximum atomic E-state index is 13.3. The van der Waals surface area contributed by atoms with Gasteiger partial charge in [-0.2, -0.15) is 0 Å². The third kappa shape index (κ3) is 4.00. The molecular formula is C27H33N7O5. The van der Waals surface area contributed by atoms with Crippen molar-refractivity contribution in [1.29, 1.82) is 0 Å². The second-order valence-electron chi connectivity index (χ2n) is 11.2. The predicted molar refractivity (Wildman–Crippen MR) is 143 cm³/mol. The van der Waals surface area contributed by atoms with Crippen LogP contribution in [-0.4, -0.2) is 75.0 Å². The molecule has 1 amide bonds. The number of ether oxygens (including phenoxy) is 1. The minimum Gasteiger partial charge on any atom is -0.386 e. The number of nitrogens with zero attached hydrogens (tertiary/aromatic N) is 7. The molecule has 3 aromatic heterocycles. The van der Waals surface area contributed by atoms with Crippen LogP contribution in [0.4, 0.5) is 0 Å². The molecule has 5 heterocycles. The van der Waals surface area contributed by atoms with Gasteiger partial charge >= 0.3 is 5.69 Å². The van der Waals surface area contributed by atoms with Gasteiger partial charge in [0.15, 0.2) is 11.2 Å². The van der Waals surface area contributed by atoms with Crippen molar-refractivity contribution in [3.8, 4) is 0 Å². The number of fused-ring (bicyclic) bond motifs is 2. The summed E-state index contributed by atoms with van der Waals surface area (Å²) in [5, 5.41) is 11.3. The average Bonchev–Trinajstić information content (AvgIpc) is 3.49. The number of hydrogen-bond acceptors (Lipinski definition) is 7. The van der Waals surface area contributed by atoms with Crippen molar-refractivity contribution in [1.82, 2.24) is 33.1 Å². The molecule has 2 aliphatic rings. The van der Waals surface area contributed by atoms with Crippen LogP contribution in [0.15, 0.2) is 40.2 Å². The van der Waals surface area contributed by atoms with Crippen LogP contribution in [0.3, 0.4) is 0 Å². The molecule has 2 atom stereocenters. The number of rotatable bonds is 3. The summed E-state index contributed by atoms with van der Waals surface area (Å²) in [6.45, 7) is 4.96. The first kappa shape index (κ1) is 25.5. The number of para-hydroxylation sites is 2. The summed E-state index contributed by atoms with van der Waals surface area (Å²) in [5.74, 6) is 0.829. The Balaban J connectivity index is 1.23. The topological polar surface area (TPSA) is 129 Å². The molecule has 6 rings (SSSR count). The summed E-state index contributed by atoms with van der Waals surface area (Å²) in [7, 11) is 3.01. The average molecular weight is 536 g/mol. The molecule has 2 fully saturated rings. The predicted octanol–water partition coefficient (Wildman–Crippen LogP) is 0.866. The zero-order valence-corrected chi connectivity index (χ0v) is 22.6. The molecule has 1 spiro atoms. The standard InChI is InChI=1S/C27H33N7O5/c1-17-29-18-7-5-6-8-19(18)33(17)14-21(35)32-11-9-27(10-12-32)13-20(26(2,38)15-39-27)34-16-28-23-22(34)24(36)31(4)25(37)30(23)3/h5-8,16,20,38H,9-15H2,1-4H3/t20-,26-/m0/s1. The molecule has 12 nitrogen and oxygen atoms in total. The molecule has 4 aromatic rings. The summed E-state index contributed by atoms with van der Waals surface area (Å²) in [6, 6.07) is 7.30. The number of benzene rings is 1. The van der Waals surface area contributed by atoms with Crippen molar-refractivity contribution in [2.75, 3.05) is 19.7 Å².